The Morgan fingerprint density at radius 1 is 0.889 bits per heavy atom. The number of nitriles is 2. The van der Waals surface area contributed by atoms with Crippen molar-refractivity contribution in [1.82, 2.24) is 4.98 Å². The molecular formula is C22H13N3OS. The van der Waals surface area contributed by atoms with Gasteiger partial charge in [0.15, 0.2) is 10.8 Å². The largest absolute Gasteiger partial charge is 0.428 e. The number of hydrogen-bond acceptors (Lipinski definition) is 5. The fourth-order valence-electron chi connectivity index (χ4n) is 2.90. The quantitative estimate of drug-likeness (QED) is 0.443. The summed E-state index contributed by atoms with van der Waals surface area (Å²) in [6.07, 6.45) is 0. The standard InChI is InChI=1S/C22H13N3OS/c23-12-16-7-1-2-8-17(16)14-27-22-20(13-24)25-21(26-22)19-11-5-9-15-6-3-4-10-18(15)19/h1-11H,14H2. The van der Waals surface area contributed by atoms with Gasteiger partial charge in [0.1, 0.15) is 6.07 Å². The van der Waals surface area contributed by atoms with Crippen LogP contribution < -0.4 is 0 Å². The monoisotopic (exact) mass is 367 g/mol. The second kappa shape index (κ2) is 7.37. The maximum absolute atomic E-state index is 9.45. The molecule has 0 atom stereocenters. The van der Waals surface area contributed by atoms with Crippen LogP contribution in [0.15, 0.2) is 76.2 Å². The molecule has 4 nitrogen and oxygen atoms in total. The first-order valence-corrected chi connectivity index (χ1v) is 9.28. The smallest absolute Gasteiger partial charge is 0.229 e. The molecule has 4 aromatic rings. The van der Waals surface area contributed by atoms with Crippen LogP contribution in [0.4, 0.5) is 0 Å². The van der Waals surface area contributed by atoms with Crippen molar-refractivity contribution in [2.75, 3.05) is 0 Å². The molecule has 0 radical (unpaired) electrons. The molecule has 0 N–H and O–H groups in total. The van der Waals surface area contributed by atoms with Crippen molar-refractivity contribution in [2.24, 2.45) is 0 Å². The third-order valence-electron chi connectivity index (χ3n) is 4.22. The molecule has 0 unspecified atom stereocenters. The summed E-state index contributed by atoms with van der Waals surface area (Å²) in [5.74, 6) is 0.960. The third kappa shape index (κ3) is 3.29. The average Bonchev–Trinajstić information content (AvgIpc) is 3.15. The number of aromatic nitrogens is 1. The van der Waals surface area contributed by atoms with Crippen molar-refractivity contribution in [3.8, 4) is 23.6 Å². The number of rotatable bonds is 4. The van der Waals surface area contributed by atoms with Gasteiger partial charge in [-0.15, -0.1) is 0 Å². The highest BCUT2D eigenvalue weighted by atomic mass is 32.2. The predicted octanol–water partition coefficient (Wildman–Crippen LogP) is 5.53. The lowest BCUT2D eigenvalue weighted by molar-refractivity contribution is 0.483. The molecule has 1 aromatic heterocycles. The lowest BCUT2D eigenvalue weighted by Gasteiger charge is -2.03. The minimum atomic E-state index is 0.261. The van der Waals surface area contributed by atoms with Gasteiger partial charge in [0.05, 0.1) is 11.6 Å². The highest BCUT2D eigenvalue weighted by Gasteiger charge is 2.17. The van der Waals surface area contributed by atoms with Crippen LogP contribution in [-0.4, -0.2) is 4.98 Å². The molecular weight excluding hydrogens is 354 g/mol. The minimum Gasteiger partial charge on any atom is -0.428 e. The molecule has 0 spiro atoms. The summed E-state index contributed by atoms with van der Waals surface area (Å²) in [5.41, 5.74) is 2.64. The molecule has 0 saturated heterocycles. The summed E-state index contributed by atoms with van der Waals surface area (Å²) < 4.78 is 5.94. The highest BCUT2D eigenvalue weighted by Crippen LogP contribution is 2.34. The van der Waals surface area contributed by atoms with E-state index in [1.54, 1.807) is 6.07 Å². The van der Waals surface area contributed by atoms with E-state index in [0.29, 0.717) is 22.3 Å². The zero-order valence-corrected chi connectivity index (χ0v) is 15.0. The van der Waals surface area contributed by atoms with Crippen molar-refractivity contribution < 1.29 is 4.42 Å². The molecule has 0 aliphatic carbocycles. The minimum absolute atomic E-state index is 0.261. The van der Waals surface area contributed by atoms with E-state index in [-0.39, 0.29) is 5.69 Å². The number of oxazole rings is 1. The van der Waals surface area contributed by atoms with Gasteiger partial charge in [0.2, 0.25) is 5.89 Å². The number of benzene rings is 3. The molecule has 5 heteroatoms. The van der Waals surface area contributed by atoms with Crippen molar-refractivity contribution in [3.63, 3.8) is 0 Å². The van der Waals surface area contributed by atoms with E-state index in [0.717, 1.165) is 21.9 Å². The molecule has 0 saturated carbocycles. The fourth-order valence-corrected chi connectivity index (χ4v) is 3.80. The Morgan fingerprint density at radius 2 is 1.67 bits per heavy atom. The average molecular weight is 367 g/mol. The number of fused-ring (bicyclic) bond motifs is 1. The zero-order valence-electron chi connectivity index (χ0n) is 14.2. The van der Waals surface area contributed by atoms with Crippen molar-refractivity contribution in [3.05, 3.63) is 83.6 Å². The first-order chi connectivity index (χ1) is 13.3. The molecule has 0 aliphatic heterocycles. The Labute approximate surface area is 160 Å². The Hall–Kier alpha value is -3.54. The van der Waals surface area contributed by atoms with E-state index >= 15 is 0 Å². The summed E-state index contributed by atoms with van der Waals surface area (Å²) in [6.45, 7) is 0. The van der Waals surface area contributed by atoms with Gasteiger partial charge in [-0.2, -0.15) is 15.5 Å². The molecule has 1 heterocycles. The van der Waals surface area contributed by atoms with E-state index in [9.17, 15) is 10.5 Å². The molecule has 3 aromatic carbocycles. The van der Waals surface area contributed by atoms with Crippen LogP contribution >= 0.6 is 11.8 Å². The maximum atomic E-state index is 9.45. The Kier molecular flexibility index (Phi) is 4.61. The van der Waals surface area contributed by atoms with Crippen molar-refractivity contribution >= 4 is 22.5 Å². The van der Waals surface area contributed by atoms with Gasteiger partial charge >= 0.3 is 0 Å². The summed E-state index contributed by atoms with van der Waals surface area (Å²) in [4.78, 5) is 4.39. The van der Waals surface area contributed by atoms with E-state index in [4.69, 9.17) is 4.42 Å². The topological polar surface area (TPSA) is 73.6 Å². The summed E-state index contributed by atoms with van der Waals surface area (Å²) in [5, 5.41) is 21.3. The van der Waals surface area contributed by atoms with Gasteiger partial charge in [0, 0.05) is 11.3 Å². The molecule has 27 heavy (non-hydrogen) atoms. The van der Waals surface area contributed by atoms with E-state index < -0.39 is 0 Å². The van der Waals surface area contributed by atoms with Crippen LogP contribution in [0.1, 0.15) is 16.8 Å². The first-order valence-electron chi connectivity index (χ1n) is 8.30. The Morgan fingerprint density at radius 3 is 2.52 bits per heavy atom. The Bertz CT molecular complexity index is 1210. The van der Waals surface area contributed by atoms with Gasteiger partial charge in [-0.1, -0.05) is 66.4 Å². The second-order valence-corrected chi connectivity index (χ2v) is 6.80. The number of hydrogen-bond donors (Lipinski definition) is 0. The van der Waals surface area contributed by atoms with Gasteiger partial charge in [0.25, 0.3) is 0 Å². The second-order valence-electron chi connectivity index (χ2n) is 5.85. The zero-order chi connectivity index (χ0) is 18.6. The summed E-state index contributed by atoms with van der Waals surface area (Å²) in [7, 11) is 0. The van der Waals surface area contributed by atoms with E-state index in [1.807, 2.05) is 60.7 Å². The molecule has 0 aliphatic rings. The molecule has 0 amide bonds. The molecule has 0 bridgehead atoms. The van der Waals surface area contributed by atoms with Crippen molar-refractivity contribution in [2.45, 2.75) is 10.8 Å². The lowest BCUT2D eigenvalue weighted by atomic mass is 10.0. The highest BCUT2D eigenvalue weighted by molar-refractivity contribution is 7.98. The van der Waals surface area contributed by atoms with Crippen LogP contribution in [0.25, 0.3) is 22.2 Å². The van der Waals surface area contributed by atoms with Crippen LogP contribution in [0.2, 0.25) is 0 Å². The molecule has 4 rings (SSSR count). The fraction of sp³-hybridized carbons (Fsp3) is 0.0455. The van der Waals surface area contributed by atoms with Gasteiger partial charge in [-0.05, 0) is 28.5 Å². The Balaban J connectivity index is 1.69. The van der Waals surface area contributed by atoms with Gasteiger partial charge in [-0.25, -0.2) is 0 Å². The molecule has 0 fully saturated rings. The third-order valence-corrected chi connectivity index (χ3v) is 5.21. The maximum Gasteiger partial charge on any atom is 0.229 e. The van der Waals surface area contributed by atoms with Crippen LogP contribution in [0.3, 0.4) is 0 Å². The van der Waals surface area contributed by atoms with Crippen LogP contribution in [-0.2, 0) is 5.75 Å². The van der Waals surface area contributed by atoms with Gasteiger partial charge in [-0.3, -0.25) is 0 Å². The van der Waals surface area contributed by atoms with E-state index in [1.165, 1.54) is 11.8 Å². The normalized spacial score (nSPS) is 10.4. The number of nitrogens with zero attached hydrogens (tertiary/aromatic N) is 3. The summed E-state index contributed by atoms with van der Waals surface area (Å²) in [6, 6.07) is 25.6. The first kappa shape index (κ1) is 16.9. The van der Waals surface area contributed by atoms with Crippen LogP contribution in [0, 0.1) is 22.7 Å². The predicted molar refractivity (Wildman–Crippen MR) is 105 cm³/mol. The van der Waals surface area contributed by atoms with Gasteiger partial charge < -0.3 is 4.42 Å². The molecule has 128 valence electrons. The van der Waals surface area contributed by atoms with Crippen LogP contribution in [0.5, 0.6) is 0 Å². The van der Waals surface area contributed by atoms with Crippen molar-refractivity contribution in [1.29, 1.82) is 10.5 Å². The summed E-state index contributed by atoms with van der Waals surface area (Å²) >= 11 is 1.37. The SMILES string of the molecule is N#Cc1ccccc1CSc1oc(-c2cccc3ccccc23)nc1C#N. The number of thioether (sulfide) groups is 1. The van der Waals surface area contributed by atoms with E-state index in [2.05, 4.69) is 17.1 Å². The lowest BCUT2D eigenvalue weighted by Crippen LogP contribution is -1.86.